The highest BCUT2D eigenvalue weighted by Crippen LogP contribution is 2.13. The molecule has 1 unspecified atom stereocenters. The van der Waals surface area contributed by atoms with Gasteiger partial charge in [0.1, 0.15) is 6.54 Å². The fraction of sp³-hybridized carbons (Fsp3) is 0.722. The minimum absolute atomic E-state index is 0.0549. The largest absolute Gasteiger partial charge is 0.396 e. The molecule has 2 aromatic heterocycles. The molecule has 0 spiro atoms. The summed E-state index contributed by atoms with van der Waals surface area (Å²) in [6, 6.07) is 0.613. The Morgan fingerprint density at radius 3 is 2.69 bits per heavy atom. The quantitative estimate of drug-likeness (QED) is 0.700. The van der Waals surface area contributed by atoms with E-state index in [4.69, 9.17) is 4.98 Å². The van der Waals surface area contributed by atoms with Crippen molar-refractivity contribution in [2.45, 2.75) is 58.2 Å². The number of fused-ring (bicyclic) bond motifs is 1. The number of hydrogen-bond acceptors (Lipinski definition) is 4. The number of aryl methyl sites for hydroxylation is 2. The molecule has 8 nitrogen and oxygen atoms in total. The number of aromatic nitrogens is 4. The number of rotatable bonds is 6. The molecule has 0 bridgehead atoms. The number of hydrogen-bond donors (Lipinski definition) is 2. The third kappa shape index (κ3) is 3.23. The zero-order valence-electron chi connectivity index (χ0n) is 16.0. The molecule has 3 rings (SSSR count). The van der Waals surface area contributed by atoms with Gasteiger partial charge in [0.25, 0.3) is 5.56 Å². The van der Waals surface area contributed by atoms with Crippen molar-refractivity contribution in [3.05, 3.63) is 26.7 Å². The molecular weight excluding hydrogens is 334 g/mol. The molecule has 1 fully saturated rings. The second-order valence-corrected chi connectivity index (χ2v) is 7.32. The summed E-state index contributed by atoms with van der Waals surface area (Å²) < 4.78 is 4.49. The number of likely N-dealkylation sites (tertiary alicyclic amines) is 1. The lowest BCUT2D eigenvalue weighted by Crippen LogP contribution is -3.15. The zero-order valence-corrected chi connectivity index (χ0v) is 16.0. The molecule has 2 aromatic rings. The Morgan fingerprint density at radius 2 is 2.00 bits per heavy atom. The Balaban J connectivity index is 2.12. The highest BCUT2D eigenvalue weighted by atomic mass is 16.3. The fourth-order valence-corrected chi connectivity index (χ4v) is 4.18. The van der Waals surface area contributed by atoms with E-state index >= 15 is 0 Å². The highest BCUT2D eigenvalue weighted by molar-refractivity contribution is 5.71. The monoisotopic (exact) mass is 364 g/mol. The van der Waals surface area contributed by atoms with Gasteiger partial charge in [-0.15, -0.1) is 0 Å². The number of imidazole rings is 1. The van der Waals surface area contributed by atoms with Crippen LogP contribution in [-0.4, -0.2) is 43.0 Å². The first-order chi connectivity index (χ1) is 12.5. The van der Waals surface area contributed by atoms with E-state index in [0.717, 1.165) is 29.9 Å². The van der Waals surface area contributed by atoms with Gasteiger partial charge in [-0.25, -0.2) is 9.78 Å². The number of nitrogens with one attached hydrogen (secondary N) is 1. The first-order valence-electron chi connectivity index (χ1n) is 9.60. The van der Waals surface area contributed by atoms with E-state index in [1.54, 1.807) is 7.05 Å². The summed E-state index contributed by atoms with van der Waals surface area (Å²) in [4.78, 5) is 31.2. The molecule has 144 valence electrons. The SMILES string of the molecule is CC[C@H]1CCCC[NH+]1Cc1nc2c(c(=O)n(C)c(=O)n2C)n1CCCO. The number of piperidine rings is 1. The van der Waals surface area contributed by atoms with Crippen molar-refractivity contribution in [1.82, 2.24) is 18.7 Å². The van der Waals surface area contributed by atoms with Crippen molar-refractivity contribution in [2.24, 2.45) is 14.1 Å². The minimum Gasteiger partial charge on any atom is -0.396 e. The fourth-order valence-electron chi connectivity index (χ4n) is 4.18. The van der Waals surface area contributed by atoms with Gasteiger partial charge in [0.15, 0.2) is 17.0 Å². The zero-order chi connectivity index (χ0) is 18.8. The van der Waals surface area contributed by atoms with Crippen LogP contribution in [-0.2, 0) is 27.2 Å². The summed E-state index contributed by atoms with van der Waals surface area (Å²) in [6.45, 7) is 4.66. The Morgan fingerprint density at radius 1 is 1.23 bits per heavy atom. The number of quaternary nitrogens is 1. The van der Waals surface area contributed by atoms with Crippen molar-refractivity contribution < 1.29 is 10.0 Å². The van der Waals surface area contributed by atoms with Crippen molar-refractivity contribution in [3.8, 4) is 0 Å². The van der Waals surface area contributed by atoms with Crippen LogP contribution in [0.3, 0.4) is 0 Å². The van der Waals surface area contributed by atoms with Gasteiger partial charge < -0.3 is 14.6 Å². The molecule has 1 aliphatic heterocycles. The maximum Gasteiger partial charge on any atom is 0.332 e. The van der Waals surface area contributed by atoms with Crippen LogP contribution in [0.4, 0.5) is 0 Å². The molecule has 1 aliphatic rings. The second-order valence-electron chi connectivity index (χ2n) is 7.32. The molecule has 1 saturated heterocycles. The molecule has 8 heteroatoms. The van der Waals surface area contributed by atoms with Crippen LogP contribution in [0.5, 0.6) is 0 Å². The van der Waals surface area contributed by atoms with Crippen LogP contribution < -0.4 is 16.1 Å². The molecule has 2 atom stereocenters. The number of nitrogens with zero attached hydrogens (tertiary/aromatic N) is 4. The van der Waals surface area contributed by atoms with Crippen LogP contribution in [0.2, 0.25) is 0 Å². The van der Waals surface area contributed by atoms with Crippen LogP contribution in [0, 0.1) is 0 Å². The van der Waals surface area contributed by atoms with Gasteiger partial charge in [0.05, 0.1) is 12.6 Å². The molecule has 26 heavy (non-hydrogen) atoms. The van der Waals surface area contributed by atoms with Crippen molar-refractivity contribution >= 4 is 11.2 Å². The van der Waals surface area contributed by atoms with E-state index in [-0.39, 0.29) is 17.9 Å². The normalized spacial score (nSPS) is 20.8. The third-order valence-corrected chi connectivity index (χ3v) is 5.72. The predicted molar refractivity (Wildman–Crippen MR) is 99.4 cm³/mol. The molecule has 0 aliphatic carbocycles. The van der Waals surface area contributed by atoms with E-state index in [2.05, 4.69) is 6.92 Å². The second kappa shape index (κ2) is 7.75. The maximum absolute atomic E-state index is 12.7. The molecular formula is C18H30N5O3+. The lowest BCUT2D eigenvalue weighted by molar-refractivity contribution is -0.944. The first-order valence-corrected chi connectivity index (χ1v) is 9.60. The van der Waals surface area contributed by atoms with E-state index in [9.17, 15) is 14.7 Å². The van der Waals surface area contributed by atoms with Gasteiger partial charge in [-0.1, -0.05) is 6.92 Å². The maximum atomic E-state index is 12.7. The Bertz CT molecular complexity index is 895. The van der Waals surface area contributed by atoms with Gasteiger partial charge in [0.2, 0.25) is 0 Å². The highest BCUT2D eigenvalue weighted by Gasteiger charge is 2.28. The Labute approximate surface area is 152 Å². The van der Waals surface area contributed by atoms with Crippen molar-refractivity contribution in [2.75, 3.05) is 13.2 Å². The lowest BCUT2D eigenvalue weighted by atomic mass is 10.0. The van der Waals surface area contributed by atoms with Crippen molar-refractivity contribution in [1.29, 1.82) is 0 Å². The molecule has 0 amide bonds. The summed E-state index contributed by atoms with van der Waals surface area (Å²) in [5.74, 6) is 0.835. The van der Waals surface area contributed by atoms with Gasteiger partial charge in [-0.3, -0.25) is 13.9 Å². The van der Waals surface area contributed by atoms with Crippen molar-refractivity contribution in [3.63, 3.8) is 0 Å². The smallest absolute Gasteiger partial charge is 0.332 e. The molecule has 3 heterocycles. The molecule has 0 saturated carbocycles. The number of aliphatic hydroxyl groups is 1. The van der Waals surface area contributed by atoms with Gasteiger partial charge in [-0.2, -0.15) is 0 Å². The van der Waals surface area contributed by atoms with Gasteiger partial charge in [-0.05, 0) is 32.1 Å². The summed E-state index contributed by atoms with van der Waals surface area (Å²) in [5.41, 5.74) is 0.219. The lowest BCUT2D eigenvalue weighted by Gasteiger charge is -2.31. The van der Waals surface area contributed by atoms with Crippen LogP contribution in [0.15, 0.2) is 9.59 Å². The topological polar surface area (TPSA) is 86.5 Å². The average molecular weight is 364 g/mol. The Hall–Kier alpha value is -1.93. The van der Waals surface area contributed by atoms with Crippen LogP contribution >= 0.6 is 0 Å². The van der Waals surface area contributed by atoms with E-state index in [1.165, 1.54) is 35.8 Å². The molecule has 2 N–H and O–H groups in total. The summed E-state index contributed by atoms with van der Waals surface area (Å²) in [5, 5.41) is 9.27. The summed E-state index contributed by atoms with van der Waals surface area (Å²) in [7, 11) is 3.15. The summed E-state index contributed by atoms with van der Waals surface area (Å²) >= 11 is 0. The van der Waals surface area contributed by atoms with E-state index in [1.807, 2.05) is 4.57 Å². The minimum atomic E-state index is -0.363. The number of aliphatic hydroxyl groups excluding tert-OH is 1. The molecule has 0 aromatic carbocycles. The average Bonchev–Trinajstić information content (AvgIpc) is 3.01. The van der Waals surface area contributed by atoms with E-state index < -0.39 is 0 Å². The third-order valence-electron chi connectivity index (χ3n) is 5.72. The predicted octanol–water partition coefficient (Wildman–Crippen LogP) is -0.836. The van der Waals surface area contributed by atoms with E-state index in [0.29, 0.717) is 30.2 Å². The molecule has 0 radical (unpaired) electrons. The van der Waals surface area contributed by atoms with Gasteiger partial charge in [0, 0.05) is 27.2 Å². The Kier molecular flexibility index (Phi) is 5.62. The standard InChI is InChI=1S/C18H29N5O3/c1-4-13-8-5-6-9-22(13)12-14-19-16-15(23(14)10-7-11-24)17(25)21(3)18(26)20(16)2/h13,24H,4-12H2,1-3H3/p+1/t13-/m0/s1. The van der Waals surface area contributed by atoms with Crippen LogP contribution in [0.25, 0.3) is 11.2 Å². The van der Waals surface area contributed by atoms with Gasteiger partial charge >= 0.3 is 5.69 Å². The summed E-state index contributed by atoms with van der Waals surface area (Å²) in [6.07, 6.45) is 5.40. The van der Waals surface area contributed by atoms with Crippen LogP contribution in [0.1, 0.15) is 44.9 Å². The first kappa shape index (κ1) is 18.8.